The summed E-state index contributed by atoms with van der Waals surface area (Å²) in [5.41, 5.74) is 0.923. The summed E-state index contributed by atoms with van der Waals surface area (Å²) in [5.74, 6) is 4.43. The first-order chi connectivity index (χ1) is 15.2. The highest BCUT2D eigenvalue weighted by atomic mass is 16.5. The Morgan fingerprint density at radius 2 is 1.35 bits per heavy atom. The standard InChI is InChI=1S/C25H28N2O4/c1-28-19-5-9-21(10-6-19)30-23-13-14-24(27-17-18-4-3-15-26-18)25(16-23)31-22-11-7-20(29-2)8-12-22/h5-14,16,18,26-27H,3-4,15,17H2,1-2H3. The molecule has 162 valence electrons. The van der Waals surface area contributed by atoms with E-state index >= 15 is 0 Å². The second-order valence-electron chi connectivity index (χ2n) is 7.39. The highest BCUT2D eigenvalue weighted by molar-refractivity contribution is 5.61. The molecule has 0 aromatic heterocycles. The maximum absolute atomic E-state index is 6.20. The van der Waals surface area contributed by atoms with Crippen LogP contribution in [0.3, 0.4) is 0 Å². The number of rotatable bonds is 9. The van der Waals surface area contributed by atoms with Gasteiger partial charge in [0.25, 0.3) is 0 Å². The van der Waals surface area contributed by atoms with Crippen LogP contribution in [0.2, 0.25) is 0 Å². The van der Waals surface area contributed by atoms with E-state index in [1.54, 1.807) is 14.2 Å². The highest BCUT2D eigenvalue weighted by Gasteiger charge is 2.15. The van der Waals surface area contributed by atoms with Crippen LogP contribution in [0.4, 0.5) is 5.69 Å². The summed E-state index contributed by atoms with van der Waals surface area (Å²) in [6.07, 6.45) is 2.40. The number of benzene rings is 3. The van der Waals surface area contributed by atoms with Gasteiger partial charge in [-0.1, -0.05) is 0 Å². The maximum atomic E-state index is 6.20. The lowest BCUT2D eigenvalue weighted by Crippen LogP contribution is -2.29. The Bertz CT molecular complexity index is 968. The van der Waals surface area contributed by atoms with Crippen LogP contribution in [0, 0.1) is 0 Å². The third kappa shape index (κ3) is 5.61. The van der Waals surface area contributed by atoms with Gasteiger partial charge in [0.05, 0.1) is 19.9 Å². The molecule has 31 heavy (non-hydrogen) atoms. The van der Waals surface area contributed by atoms with Crippen molar-refractivity contribution in [3.05, 3.63) is 66.7 Å². The van der Waals surface area contributed by atoms with Crippen LogP contribution in [0.5, 0.6) is 34.5 Å². The predicted molar refractivity (Wildman–Crippen MR) is 122 cm³/mol. The number of anilines is 1. The van der Waals surface area contributed by atoms with Gasteiger partial charge in [-0.2, -0.15) is 0 Å². The second-order valence-corrected chi connectivity index (χ2v) is 7.39. The molecule has 0 bridgehead atoms. The highest BCUT2D eigenvalue weighted by Crippen LogP contribution is 2.36. The van der Waals surface area contributed by atoms with Gasteiger partial charge in [0.15, 0.2) is 5.75 Å². The molecule has 6 heteroatoms. The van der Waals surface area contributed by atoms with Crippen LogP contribution in [0.15, 0.2) is 66.7 Å². The first-order valence-electron chi connectivity index (χ1n) is 10.5. The summed E-state index contributed by atoms with van der Waals surface area (Å²) < 4.78 is 22.7. The van der Waals surface area contributed by atoms with Gasteiger partial charge >= 0.3 is 0 Å². The van der Waals surface area contributed by atoms with E-state index in [1.807, 2.05) is 66.7 Å². The van der Waals surface area contributed by atoms with Gasteiger partial charge in [-0.25, -0.2) is 0 Å². The van der Waals surface area contributed by atoms with E-state index in [-0.39, 0.29) is 0 Å². The van der Waals surface area contributed by atoms with Crippen LogP contribution in [0.25, 0.3) is 0 Å². The molecule has 1 saturated heterocycles. The normalized spacial score (nSPS) is 15.4. The van der Waals surface area contributed by atoms with Gasteiger partial charge in [0.1, 0.15) is 28.7 Å². The molecule has 0 radical (unpaired) electrons. The summed E-state index contributed by atoms with van der Waals surface area (Å²) in [6.45, 7) is 1.92. The Morgan fingerprint density at radius 1 is 0.774 bits per heavy atom. The first-order valence-corrected chi connectivity index (χ1v) is 10.5. The molecule has 3 aromatic rings. The molecule has 0 spiro atoms. The molecule has 1 unspecified atom stereocenters. The fourth-order valence-corrected chi connectivity index (χ4v) is 3.51. The lowest BCUT2D eigenvalue weighted by atomic mass is 10.2. The number of ether oxygens (including phenoxy) is 4. The molecular formula is C25H28N2O4. The minimum atomic E-state index is 0.476. The quantitative estimate of drug-likeness (QED) is 0.480. The van der Waals surface area contributed by atoms with Crippen molar-refractivity contribution in [1.82, 2.24) is 5.32 Å². The summed E-state index contributed by atoms with van der Waals surface area (Å²) in [4.78, 5) is 0. The SMILES string of the molecule is COc1ccc(Oc2ccc(NCC3CCCN3)c(Oc3ccc(OC)cc3)c2)cc1. The number of hydrogen-bond acceptors (Lipinski definition) is 6. The third-order valence-electron chi connectivity index (χ3n) is 5.24. The van der Waals surface area contributed by atoms with Crippen molar-refractivity contribution in [2.45, 2.75) is 18.9 Å². The maximum Gasteiger partial charge on any atom is 0.154 e. The zero-order chi connectivity index (χ0) is 21.5. The van der Waals surface area contributed by atoms with Crippen molar-refractivity contribution in [3.63, 3.8) is 0 Å². The molecule has 2 N–H and O–H groups in total. The van der Waals surface area contributed by atoms with E-state index in [1.165, 1.54) is 12.8 Å². The third-order valence-corrected chi connectivity index (χ3v) is 5.24. The van der Waals surface area contributed by atoms with Crippen LogP contribution in [0.1, 0.15) is 12.8 Å². The molecule has 0 amide bonds. The Labute approximate surface area is 183 Å². The molecule has 1 aliphatic heterocycles. The zero-order valence-corrected chi connectivity index (χ0v) is 17.9. The molecule has 1 fully saturated rings. The fourth-order valence-electron chi connectivity index (χ4n) is 3.51. The fraction of sp³-hybridized carbons (Fsp3) is 0.280. The van der Waals surface area contributed by atoms with Gasteiger partial charge in [0.2, 0.25) is 0 Å². The molecule has 1 atom stereocenters. The van der Waals surface area contributed by atoms with E-state index in [9.17, 15) is 0 Å². The Kier molecular flexibility index (Phi) is 6.79. The number of hydrogen-bond donors (Lipinski definition) is 2. The van der Waals surface area contributed by atoms with Crippen LogP contribution in [-0.2, 0) is 0 Å². The molecule has 6 nitrogen and oxygen atoms in total. The van der Waals surface area contributed by atoms with E-state index < -0.39 is 0 Å². The van der Waals surface area contributed by atoms with Crippen LogP contribution >= 0.6 is 0 Å². The lowest BCUT2D eigenvalue weighted by molar-refractivity contribution is 0.412. The van der Waals surface area contributed by atoms with Crippen molar-refractivity contribution in [2.24, 2.45) is 0 Å². The lowest BCUT2D eigenvalue weighted by Gasteiger charge is -2.17. The zero-order valence-electron chi connectivity index (χ0n) is 17.9. The minimum Gasteiger partial charge on any atom is -0.497 e. The Balaban J connectivity index is 1.53. The van der Waals surface area contributed by atoms with Gasteiger partial charge in [-0.15, -0.1) is 0 Å². The smallest absolute Gasteiger partial charge is 0.154 e. The van der Waals surface area contributed by atoms with E-state index in [0.717, 1.165) is 41.8 Å². The molecule has 0 saturated carbocycles. The summed E-state index contributed by atoms with van der Waals surface area (Å²) in [6, 6.07) is 21.3. The van der Waals surface area contributed by atoms with Crippen LogP contribution < -0.4 is 29.6 Å². The monoisotopic (exact) mass is 420 g/mol. The molecule has 4 rings (SSSR count). The average molecular weight is 421 g/mol. The average Bonchev–Trinajstić information content (AvgIpc) is 3.33. The summed E-state index contributed by atoms with van der Waals surface area (Å²) in [7, 11) is 3.29. The molecule has 1 aliphatic rings. The van der Waals surface area contributed by atoms with Crippen molar-refractivity contribution in [3.8, 4) is 34.5 Å². The predicted octanol–water partition coefficient (Wildman–Crippen LogP) is 5.45. The van der Waals surface area contributed by atoms with Crippen molar-refractivity contribution < 1.29 is 18.9 Å². The second kappa shape index (κ2) is 10.1. The van der Waals surface area contributed by atoms with Gasteiger partial charge in [0, 0.05) is 18.7 Å². The molecule has 3 aromatic carbocycles. The van der Waals surface area contributed by atoms with E-state index in [2.05, 4.69) is 10.6 Å². The summed E-state index contributed by atoms with van der Waals surface area (Å²) in [5, 5.41) is 7.03. The molecule has 0 aliphatic carbocycles. The molecule has 1 heterocycles. The minimum absolute atomic E-state index is 0.476. The Hall–Kier alpha value is -3.38. The summed E-state index contributed by atoms with van der Waals surface area (Å²) >= 11 is 0. The Morgan fingerprint density at radius 3 is 1.94 bits per heavy atom. The van der Waals surface area contributed by atoms with Crippen molar-refractivity contribution in [2.75, 3.05) is 32.6 Å². The first kappa shape index (κ1) is 20.9. The van der Waals surface area contributed by atoms with E-state index in [4.69, 9.17) is 18.9 Å². The topological polar surface area (TPSA) is 61.0 Å². The van der Waals surface area contributed by atoms with Gasteiger partial charge < -0.3 is 29.6 Å². The number of methoxy groups -OCH3 is 2. The van der Waals surface area contributed by atoms with Gasteiger partial charge in [-0.05, 0) is 80.1 Å². The number of nitrogens with one attached hydrogen (secondary N) is 2. The van der Waals surface area contributed by atoms with Gasteiger partial charge in [-0.3, -0.25) is 0 Å². The van der Waals surface area contributed by atoms with Crippen LogP contribution in [-0.4, -0.2) is 33.4 Å². The molecular weight excluding hydrogens is 392 g/mol. The van der Waals surface area contributed by atoms with Crippen molar-refractivity contribution in [1.29, 1.82) is 0 Å². The largest absolute Gasteiger partial charge is 0.497 e. The van der Waals surface area contributed by atoms with E-state index in [0.29, 0.717) is 17.5 Å². The van der Waals surface area contributed by atoms with Crippen molar-refractivity contribution >= 4 is 5.69 Å².